The van der Waals surface area contributed by atoms with Gasteiger partial charge in [0.15, 0.2) is 0 Å². The highest BCUT2D eigenvalue weighted by Crippen LogP contribution is 2.21. The van der Waals surface area contributed by atoms with Crippen molar-refractivity contribution in [3.05, 3.63) is 23.8 Å². The van der Waals surface area contributed by atoms with Crippen LogP contribution in [0.25, 0.3) is 0 Å². The fourth-order valence-corrected chi connectivity index (χ4v) is 2.02. The highest BCUT2D eigenvalue weighted by molar-refractivity contribution is 5.25. The lowest BCUT2D eigenvalue weighted by Gasteiger charge is -2.13. The average molecular weight is 222 g/mol. The first-order chi connectivity index (χ1) is 7.47. The topological polar surface area (TPSA) is 0 Å². The van der Waals surface area contributed by atoms with E-state index in [0.717, 1.165) is 11.8 Å². The van der Waals surface area contributed by atoms with E-state index in [9.17, 15) is 0 Å². The molecule has 0 aromatic rings. The first-order valence-corrected chi connectivity index (χ1v) is 6.78. The molecule has 0 spiro atoms. The summed E-state index contributed by atoms with van der Waals surface area (Å²) in [6, 6.07) is 0. The first kappa shape index (κ1) is 15.5. The smallest absolute Gasteiger partial charge is 0.0277 e. The molecule has 16 heavy (non-hydrogen) atoms. The van der Waals surface area contributed by atoms with Gasteiger partial charge >= 0.3 is 0 Å². The Morgan fingerprint density at radius 1 is 1.12 bits per heavy atom. The van der Waals surface area contributed by atoms with Crippen molar-refractivity contribution in [2.45, 2.75) is 66.7 Å². The van der Waals surface area contributed by atoms with Crippen LogP contribution in [0.3, 0.4) is 0 Å². The van der Waals surface area contributed by atoms with Gasteiger partial charge < -0.3 is 0 Å². The number of rotatable bonds is 8. The Morgan fingerprint density at radius 3 is 2.19 bits per heavy atom. The first-order valence-electron chi connectivity index (χ1n) is 6.78. The summed E-state index contributed by atoms with van der Waals surface area (Å²) in [5, 5.41) is 0. The van der Waals surface area contributed by atoms with Crippen LogP contribution in [0.15, 0.2) is 23.8 Å². The fraction of sp³-hybridized carbons (Fsp3) is 0.750. The molecule has 0 aliphatic carbocycles. The lowest BCUT2D eigenvalue weighted by atomic mass is 9.93. The molecule has 1 atom stereocenters. The zero-order valence-corrected chi connectivity index (χ0v) is 12.0. The SMILES string of the molecule is C=C(C)C(=CC)CCC(C)CCCC(C)C. The maximum absolute atomic E-state index is 4.02. The molecule has 0 heterocycles. The van der Waals surface area contributed by atoms with Gasteiger partial charge in [-0.05, 0) is 44.1 Å². The van der Waals surface area contributed by atoms with Crippen LogP contribution in [0.2, 0.25) is 0 Å². The highest BCUT2D eigenvalue weighted by Gasteiger charge is 2.05. The van der Waals surface area contributed by atoms with Gasteiger partial charge in [-0.15, -0.1) is 0 Å². The Bertz CT molecular complexity index is 220. The van der Waals surface area contributed by atoms with Crippen molar-refractivity contribution in [1.82, 2.24) is 0 Å². The van der Waals surface area contributed by atoms with Gasteiger partial charge in [0, 0.05) is 0 Å². The number of allylic oxidation sites excluding steroid dienone is 3. The van der Waals surface area contributed by atoms with Gasteiger partial charge in [0.05, 0.1) is 0 Å². The largest absolute Gasteiger partial charge is 0.0958 e. The molecule has 0 heteroatoms. The third kappa shape index (κ3) is 7.73. The normalized spacial score (nSPS) is 14.2. The summed E-state index contributed by atoms with van der Waals surface area (Å²) in [5.74, 6) is 1.71. The van der Waals surface area contributed by atoms with Gasteiger partial charge in [0.25, 0.3) is 0 Å². The van der Waals surface area contributed by atoms with Crippen molar-refractivity contribution < 1.29 is 0 Å². The molecule has 0 fully saturated rings. The van der Waals surface area contributed by atoms with E-state index in [4.69, 9.17) is 0 Å². The van der Waals surface area contributed by atoms with Gasteiger partial charge in [-0.1, -0.05) is 58.3 Å². The quantitative estimate of drug-likeness (QED) is 0.459. The van der Waals surface area contributed by atoms with Crippen molar-refractivity contribution in [3.8, 4) is 0 Å². The van der Waals surface area contributed by atoms with Crippen LogP contribution in [0.4, 0.5) is 0 Å². The van der Waals surface area contributed by atoms with Gasteiger partial charge in [0.2, 0.25) is 0 Å². The van der Waals surface area contributed by atoms with Crippen molar-refractivity contribution in [1.29, 1.82) is 0 Å². The molecule has 0 rings (SSSR count). The summed E-state index contributed by atoms with van der Waals surface area (Å²) in [6.07, 6.45) is 8.87. The molecular formula is C16H30. The molecule has 0 N–H and O–H groups in total. The Kier molecular flexibility index (Phi) is 8.33. The Hall–Kier alpha value is -0.520. The van der Waals surface area contributed by atoms with Crippen molar-refractivity contribution >= 4 is 0 Å². The van der Waals surface area contributed by atoms with Gasteiger partial charge in [0.1, 0.15) is 0 Å². The Morgan fingerprint density at radius 2 is 1.75 bits per heavy atom. The molecular weight excluding hydrogens is 192 g/mol. The summed E-state index contributed by atoms with van der Waals surface area (Å²) >= 11 is 0. The van der Waals surface area contributed by atoms with Crippen LogP contribution in [0.5, 0.6) is 0 Å². The van der Waals surface area contributed by atoms with Crippen LogP contribution in [-0.4, -0.2) is 0 Å². The third-order valence-corrected chi connectivity index (χ3v) is 3.28. The highest BCUT2D eigenvalue weighted by atomic mass is 14.1. The van der Waals surface area contributed by atoms with E-state index < -0.39 is 0 Å². The standard InChI is InChI=1S/C16H30/c1-7-16(14(4)5)12-11-15(6)10-8-9-13(2)3/h7,13,15H,4,8-12H2,1-3,5-6H3. The minimum absolute atomic E-state index is 0.855. The lowest BCUT2D eigenvalue weighted by molar-refractivity contribution is 0.437. The van der Waals surface area contributed by atoms with Gasteiger partial charge in [-0.25, -0.2) is 0 Å². The summed E-state index contributed by atoms with van der Waals surface area (Å²) < 4.78 is 0. The summed E-state index contributed by atoms with van der Waals surface area (Å²) in [4.78, 5) is 0. The van der Waals surface area contributed by atoms with Gasteiger partial charge in [-0.2, -0.15) is 0 Å². The number of hydrogen-bond acceptors (Lipinski definition) is 0. The average Bonchev–Trinajstić information content (AvgIpc) is 2.17. The maximum Gasteiger partial charge on any atom is -0.0277 e. The monoisotopic (exact) mass is 222 g/mol. The number of hydrogen-bond donors (Lipinski definition) is 0. The molecule has 0 bridgehead atoms. The third-order valence-electron chi connectivity index (χ3n) is 3.28. The second-order valence-corrected chi connectivity index (χ2v) is 5.56. The fourth-order valence-electron chi connectivity index (χ4n) is 2.02. The van der Waals surface area contributed by atoms with Crippen LogP contribution in [0.1, 0.15) is 66.7 Å². The van der Waals surface area contributed by atoms with Crippen molar-refractivity contribution in [2.24, 2.45) is 11.8 Å². The maximum atomic E-state index is 4.02. The molecule has 0 aliphatic rings. The second kappa shape index (κ2) is 8.61. The van der Waals surface area contributed by atoms with Crippen LogP contribution < -0.4 is 0 Å². The van der Waals surface area contributed by atoms with E-state index in [2.05, 4.69) is 47.3 Å². The molecule has 0 saturated heterocycles. The Balaban J connectivity index is 3.72. The van der Waals surface area contributed by atoms with Crippen molar-refractivity contribution in [3.63, 3.8) is 0 Å². The predicted molar refractivity (Wildman–Crippen MR) is 75.7 cm³/mol. The molecule has 0 saturated carbocycles. The van der Waals surface area contributed by atoms with Crippen molar-refractivity contribution in [2.75, 3.05) is 0 Å². The molecule has 0 aliphatic heterocycles. The van der Waals surface area contributed by atoms with Crippen LogP contribution >= 0.6 is 0 Å². The predicted octanol–water partition coefficient (Wildman–Crippen LogP) is 5.75. The zero-order chi connectivity index (χ0) is 12.6. The van der Waals surface area contributed by atoms with E-state index in [1.165, 1.54) is 43.3 Å². The summed E-state index contributed by atoms with van der Waals surface area (Å²) in [7, 11) is 0. The molecule has 94 valence electrons. The van der Waals surface area contributed by atoms with E-state index in [1.54, 1.807) is 0 Å². The lowest BCUT2D eigenvalue weighted by Crippen LogP contribution is -1.98. The van der Waals surface area contributed by atoms with Crippen LogP contribution in [0, 0.1) is 11.8 Å². The molecule has 0 nitrogen and oxygen atoms in total. The molecule has 0 aromatic carbocycles. The van der Waals surface area contributed by atoms with Crippen LogP contribution in [-0.2, 0) is 0 Å². The minimum Gasteiger partial charge on any atom is -0.0958 e. The summed E-state index contributed by atoms with van der Waals surface area (Å²) in [5.41, 5.74) is 2.67. The van der Waals surface area contributed by atoms with E-state index >= 15 is 0 Å². The zero-order valence-electron chi connectivity index (χ0n) is 12.0. The molecule has 0 aromatic heterocycles. The second-order valence-electron chi connectivity index (χ2n) is 5.56. The molecule has 0 amide bonds. The van der Waals surface area contributed by atoms with E-state index in [0.29, 0.717) is 0 Å². The molecule has 1 unspecified atom stereocenters. The van der Waals surface area contributed by atoms with E-state index in [-0.39, 0.29) is 0 Å². The summed E-state index contributed by atoms with van der Waals surface area (Å²) in [6.45, 7) is 15.2. The molecule has 0 radical (unpaired) electrons. The van der Waals surface area contributed by atoms with E-state index in [1.807, 2.05) is 0 Å². The Labute approximate surface area is 103 Å². The minimum atomic E-state index is 0.855. The van der Waals surface area contributed by atoms with Gasteiger partial charge in [-0.3, -0.25) is 0 Å².